The third-order valence-corrected chi connectivity index (χ3v) is 3.62. The molecule has 0 atom stereocenters. The average molecular weight is 252 g/mol. The molecule has 0 unspecified atom stereocenters. The van der Waals surface area contributed by atoms with Crippen molar-refractivity contribution in [2.75, 3.05) is 6.54 Å². The van der Waals surface area contributed by atoms with Crippen LogP contribution in [0.2, 0.25) is 0 Å². The highest BCUT2D eigenvalue weighted by Crippen LogP contribution is 2.12. The Morgan fingerprint density at radius 3 is 2.94 bits per heavy atom. The fourth-order valence-electron chi connectivity index (χ4n) is 1.46. The van der Waals surface area contributed by atoms with E-state index in [-0.39, 0.29) is 18.8 Å². The van der Waals surface area contributed by atoms with Crippen LogP contribution in [0.25, 0.3) is 0 Å². The second-order valence-corrected chi connectivity index (χ2v) is 5.13. The molecule has 8 heteroatoms. The van der Waals surface area contributed by atoms with Gasteiger partial charge in [0.05, 0.1) is 6.54 Å². The van der Waals surface area contributed by atoms with Crippen molar-refractivity contribution in [3.05, 3.63) is 29.6 Å². The first-order valence-corrected chi connectivity index (χ1v) is 6.11. The topological polar surface area (TPSA) is 103 Å². The molecule has 1 fully saturated rings. The summed E-state index contributed by atoms with van der Waals surface area (Å²) in [6, 6.07) is 4.94. The van der Waals surface area contributed by atoms with Gasteiger partial charge in [-0.2, -0.15) is 18.0 Å². The van der Waals surface area contributed by atoms with Crippen molar-refractivity contribution in [2.24, 2.45) is 0 Å². The summed E-state index contributed by atoms with van der Waals surface area (Å²) in [5.74, 6) is -0.556. The molecule has 7 nitrogen and oxygen atoms in total. The molecule has 0 radical (unpaired) electrons. The monoisotopic (exact) mass is 252 g/mol. The van der Waals surface area contributed by atoms with Crippen molar-refractivity contribution < 1.29 is 13.2 Å². The highest BCUT2D eigenvalue weighted by atomic mass is 32.2. The number of hydrogen-bond acceptors (Lipinski definition) is 5. The van der Waals surface area contributed by atoms with Crippen LogP contribution in [-0.2, 0) is 21.5 Å². The molecule has 0 aliphatic carbocycles. The van der Waals surface area contributed by atoms with Gasteiger partial charge in [0.15, 0.2) is 0 Å². The minimum atomic E-state index is -3.72. The van der Waals surface area contributed by atoms with Crippen molar-refractivity contribution in [1.82, 2.24) is 14.0 Å². The molecule has 2 heterocycles. The number of pyridine rings is 1. The third kappa shape index (κ3) is 2.41. The Bertz CT molecular complexity index is 605. The van der Waals surface area contributed by atoms with Crippen LogP contribution in [0.1, 0.15) is 11.3 Å². The zero-order valence-electron chi connectivity index (χ0n) is 8.62. The molecule has 1 aliphatic rings. The third-order valence-electron chi connectivity index (χ3n) is 2.20. The first kappa shape index (κ1) is 11.5. The molecule has 2 rings (SSSR count). The molecular formula is C9H8N4O3S. The molecule has 1 N–H and O–H groups in total. The fraction of sp³-hybridized carbons (Fsp3) is 0.222. The van der Waals surface area contributed by atoms with Crippen molar-refractivity contribution >= 4 is 16.1 Å². The zero-order valence-corrected chi connectivity index (χ0v) is 9.44. The Morgan fingerprint density at radius 2 is 2.35 bits per heavy atom. The summed E-state index contributed by atoms with van der Waals surface area (Å²) >= 11 is 0. The summed E-state index contributed by atoms with van der Waals surface area (Å²) in [5, 5.41) is 8.66. The smallest absolute Gasteiger partial charge is 0.272 e. The Hall–Kier alpha value is -1.98. The van der Waals surface area contributed by atoms with Gasteiger partial charge in [0, 0.05) is 12.7 Å². The van der Waals surface area contributed by atoms with E-state index in [1.54, 1.807) is 6.07 Å². The predicted octanol–water partition coefficient (Wildman–Crippen LogP) is -0.870. The average Bonchev–Trinajstić information content (AvgIpc) is 2.52. The second-order valence-electron chi connectivity index (χ2n) is 3.46. The highest BCUT2D eigenvalue weighted by molar-refractivity contribution is 7.88. The van der Waals surface area contributed by atoms with Gasteiger partial charge in [0.2, 0.25) is 5.91 Å². The van der Waals surface area contributed by atoms with E-state index in [2.05, 4.69) is 4.98 Å². The van der Waals surface area contributed by atoms with Crippen molar-refractivity contribution in [3.8, 4) is 6.07 Å². The molecule has 1 aromatic heterocycles. The van der Waals surface area contributed by atoms with Crippen LogP contribution in [0.15, 0.2) is 18.3 Å². The number of nitrogens with one attached hydrogen (secondary N) is 1. The Balaban J connectivity index is 2.22. The van der Waals surface area contributed by atoms with Gasteiger partial charge in [-0.25, -0.2) is 9.71 Å². The molecule has 1 aliphatic heterocycles. The van der Waals surface area contributed by atoms with Gasteiger partial charge in [-0.3, -0.25) is 4.79 Å². The normalized spacial score (nSPS) is 18.6. The van der Waals surface area contributed by atoms with Crippen molar-refractivity contribution in [2.45, 2.75) is 6.54 Å². The van der Waals surface area contributed by atoms with E-state index in [4.69, 9.17) is 5.26 Å². The lowest BCUT2D eigenvalue weighted by atomic mass is 10.2. The van der Waals surface area contributed by atoms with E-state index in [0.29, 0.717) is 5.56 Å². The van der Waals surface area contributed by atoms with E-state index in [1.165, 1.54) is 12.3 Å². The van der Waals surface area contributed by atoms with Gasteiger partial charge in [-0.1, -0.05) is 0 Å². The quantitative estimate of drug-likeness (QED) is 0.737. The molecule has 17 heavy (non-hydrogen) atoms. The number of carbonyl (C=O) groups is 1. The van der Waals surface area contributed by atoms with Crippen LogP contribution in [0.4, 0.5) is 0 Å². The number of aromatic nitrogens is 1. The number of rotatable bonds is 2. The molecule has 1 saturated heterocycles. The summed E-state index contributed by atoms with van der Waals surface area (Å²) in [4.78, 5) is 14.8. The van der Waals surface area contributed by atoms with Crippen molar-refractivity contribution in [1.29, 1.82) is 5.26 Å². The first-order chi connectivity index (χ1) is 8.01. The zero-order chi connectivity index (χ0) is 12.5. The Kier molecular flexibility index (Phi) is 2.79. The van der Waals surface area contributed by atoms with Gasteiger partial charge >= 0.3 is 10.2 Å². The lowest BCUT2D eigenvalue weighted by Crippen LogP contribution is -2.29. The maximum atomic E-state index is 11.4. The van der Waals surface area contributed by atoms with Crippen LogP contribution >= 0.6 is 0 Å². The summed E-state index contributed by atoms with van der Waals surface area (Å²) in [6.45, 7) is -0.162. The molecule has 0 saturated carbocycles. The van der Waals surface area contributed by atoms with Crippen LogP contribution in [0.3, 0.4) is 0 Å². The molecule has 0 aromatic carbocycles. The molecule has 1 aromatic rings. The van der Waals surface area contributed by atoms with E-state index >= 15 is 0 Å². The number of hydrogen-bond donors (Lipinski definition) is 1. The lowest BCUT2D eigenvalue weighted by molar-refractivity contribution is -0.118. The van der Waals surface area contributed by atoms with Crippen LogP contribution in [-0.4, -0.2) is 30.2 Å². The summed E-state index contributed by atoms with van der Waals surface area (Å²) in [5.41, 5.74) is 0.815. The fourth-order valence-corrected chi connectivity index (χ4v) is 2.55. The van der Waals surface area contributed by atoms with Crippen LogP contribution in [0, 0.1) is 11.3 Å². The van der Waals surface area contributed by atoms with E-state index in [9.17, 15) is 13.2 Å². The molecular weight excluding hydrogens is 244 g/mol. The van der Waals surface area contributed by atoms with Gasteiger partial charge in [-0.15, -0.1) is 0 Å². The highest BCUT2D eigenvalue weighted by Gasteiger charge is 2.33. The van der Waals surface area contributed by atoms with Gasteiger partial charge in [-0.05, 0) is 17.7 Å². The maximum absolute atomic E-state index is 11.4. The molecule has 0 bridgehead atoms. The maximum Gasteiger partial charge on any atom is 0.304 e. The van der Waals surface area contributed by atoms with Gasteiger partial charge in [0.1, 0.15) is 11.8 Å². The number of nitriles is 1. The first-order valence-electron chi connectivity index (χ1n) is 4.67. The summed E-state index contributed by atoms with van der Waals surface area (Å²) in [6.07, 6.45) is 1.42. The number of amides is 1. The largest absolute Gasteiger partial charge is 0.304 e. The molecule has 88 valence electrons. The SMILES string of the molecule is N#Cc1cc(CN2CC(=O)NS2(=O)=O)ccn1. The standard InChI is InChI=1S/C9H8N4O3S/c10-4-8-3-7(1-2-11-8)5-13-6-9(14)12-17(13,15)16/h1-3H,5-6H2,(H,12,14). The van der Waals surface area contributed by atoms with Crippen LogP contribution in [0.5, 0.6) is 0 Å². The van der Waals surface area contributed by atoms with Crippen LogP contribution < -0.4 is 4.72 Å². The minimum Gasteiger partial charge on any atom is -0.272 e. The second kappa shape index (κ2) is 4.12. The van der Waals surface area contributed by atoms with Gasteiger partial charge < -0.3 is 0 Å². The molecule has 0 spiro atoms. The van der Waals surface area contributed by atoms with Gasteiger partial charge in [0.25, 0.3) is 0 Å². The van der Waals surface area contributed by atoms with E-state index in [1.807, 2.05) is 10.8 Å². The number of nitrogens with zero attached hydrogens (tertiary/aromatic N) is 3. The minimum absolute atomic E-state index is 0.0400. The Labute approximate surface area is 97.9 Å². The van der Waals surface area contributed by atoms with Crippen molar-refractivity contribution in [3.63, 3.8) is 0 Å². The van der Waals surface area contributed by atoms with E-state index in [0.717, 1.165) is 4.31 Å². The number of carbonyl (C=O) groups excluding carboxylic acids is 1. The molecule has 1 amide bonds. The van der Waals surface area contributed by atoms with E-state index < -0.39 is 16.1 Å². The Morgan fingerprint density at radius 1 is 1.59 bits per heavy atom. The summed E-state index contributed by atoms with van der Waals surface area (Å²) < 4.78 is 25.8. The summed E-state index contributed by atoms with van der Waals surface area (Å²) in [7, 11) is -3.72. The predicted molar refractivity (Wildman–Crippen MR) is 56.4 cm³/mol. The lowest BCUT2D eigenvalue weighted by Gasteiger charge is -2.11.